The number of hydrogen-bond donors (Lipinski definition) is 1. The van der Waals surface area contributed by atoms with E-state index in [1.54, 1.807) is 6.26 Å². The summed E-state index contributed by atoms with van der Waals surface area (Å²) in [5.74, 6) is 1.04. The van der Waals surface area contributed by atoms with Gasteiger partial charge in [-0.3, -0.25) is 4.90 Å². The van der Waals surface area contributed by atoms with E-state index in [1.165, 1.54) is 0 Å². The minimum atomic E-state index is 0.345. The first kappa shape index (κ1) is 8.78. The Hall–Kier alpha value is -0.800. The van der Waals surface area contributed by atoms with Crippen LogP contribution in [0.2, 0.25) is 0 Å². The molecule has 0 spiro atoms. The van der Waals surface area contributed by atoms with Gasteiger partial charge in [0.05, 0.1) is 12.3 Å². The lowest BCUT2D eigenvalue weighted by molar-refractivity contribution is 0.229. The first-order chi connectivity index (χ1) is 6.27. The van der Waals surface area contributed by atoms with Gasteiger partial charge in [0.15, 0.2) is 0 Å². The molecule has 3 nitrogen and oxygen atoms in total. The summed E-state index contributed by atoms with van der Waals surface area (Å²) < 4.78 is 5.36. The molecule has 1 saturated heterocycles. The maximum Gasteiger partial charge on any atom is 0.120 e. The molecular weight excluding hydrogens is 164 g/mol. The van der Waals surface area contributed by atoms with Gasteiger partial charge in [-0.15, -0.1) is 0 Å². The standard InChI is InChI=1S/C10H16N2O/c1-8(10-3-2-6-13-10)12-5-4-9(11)7-12/h2-3,6,8-9H,4-5,7,11H2,1H3/t8?,9-/m0/s1. The Balaban J connectivity index is 2.02. The van der Waals surface area contributed by atoms with Crippen molar-refractivity contribution in [2.75, 3.05) is 13.1 Å². The quantitative estimate of drug-likeness (QED) is 0.747. The van der Waals surface area contributed by atoms with Crippen LogP contribution in [0, 0.1) is 0 Å². The summed E-state index contributed by atoms with van der Waals surface area (Å²) in [6, 6.07) is 4.66. The molecule has 0 saturated carbocycles. The normalized spacial score (nSPS) is 26.5. The van der Waals surface area contributed by atoms with Crippen molar-refractivity contribution in [3.05, 3.63) is 24.2 Å². The number of rotatable bonds is 2. The average Bonchev–Trinajstić information content (AvgIpc) is 2.72. The molecular formula is C10H16N2O. The third kappa shape index (κ3) is 1.76. The summed E-state index contributed by atoms with van der Waals surface area (Å²) >= 11 is 0. The van der Waals surface area contributed by atoms with Crippen molar-refractivity contribution < 1.29 is 4.42 Å². The van der Waals surface area contributed by atoms with E-state index in [0.717, 1.165) is 25.3 Å². The highest BCUT2D eigenvalue weighted by molar-refractivity contribution is 5.04. The van der Waals surface area contributed by atoms with Crippen molar-refractivity contribution in [1.82, 2.24) is 4.90 Å². The molecule has 1 aliphatic rings. The molecule has 0 aliphatic carbocycles. The molecule has 2 atom stereocenters. The molecule has 1 fully saturated rings. The fraction of sp³-hybridized carbons (Fsp3) is 0.600. The second-order valence-corrected chi connectivity index (χ2v) is 3.74. The van der Waals surface area contributed by atoms with E-state index in [4.69, 9.17) is 10.2 Å². The van der Waals surface area contributed by atoms with Gasteiger partial charge < -0.3 is 10.2 Å². The van der Waals surface area contributed by atoms with Gasteiger partial charge in [-0.25, -0.2) is 0 Å². The van der Waals surface area contributed by atoms with Crippen LogP contribution >= 0.6 is 0 Å². The smallest absolute Gasteiger partial charge is 0.120 e. The van der Waals surface area contributed by atoms with E-state index < -0.39 is 0 Å². The van der Waals surface area contributed by atoms with Gasteiger partial charge in [-0.05, 0) is 25.5 Å². The summed E-state index contributed by atoms with van der Waals surface area (Å²) in [6.07, 6.45) is 2.83. The maximum absolute atomic E-state index is 5.84. The molecule has 2 N–H and O–H groups in total. The molecule has 0 radical (unpaired) electrons. The van der Waals surface area contributed by atoms with Crippen molar-refractivity contribution in [1.29, 1.82) is 0 Å². The highest BCUT2D eigenvalue weighted by atomic mass is 16.3. The van der Waals surface area contributed by atoms with E-state index in [-0.39, 0.29) is 0 Å². The van der Waals surface area contributed by atoms with Crippen LogP contribution in [-0.2, 0) is 0 Å². The third-order valence-corrected chi connectivity index (χ3v) is 2.76. The zero-order valence-electron chi connectivity index (χ0n) is 7.94. The minimum Gasteiger partial charge on any atom is -0.468 e. The van der Waals surface area contributed by atoms with Crippen LogP contribution in [-0.4, -0.2) is 24.0 Å². The van der Waals surface area contributed by atoms with Gasteiger partial charge in [0.25, 0.3) is 0 Å². The molecule has 2 rings (SSSR count). The van der Waals surface area contributed by atoms with Gasteiger partial charge in [0.2, 0.25) is 0 Å². The van der Waals surface area contributed by atoms with Crippen LogP contribution < -0.4 is 5.73 Å². The maximum atomic E-state index is 5.84. The Labute approximate surface area is 78.5 Å². The van der Waals surface area contributed by atoms with Gasteiger partial charge in [0, 0.05) is 19.1 Å². The molecule has 0 bridgehead atoms. The average molecular weight is 180 g/mol. The van der Waals surface area contributed by atoms with Crippen LogP contribution in [0.1, 0.15) is 25.1 Å². The van der Waals surface area contributed by atoms with Crippen LogP contribution in [0.15, 0.2) is 22.8 Å². The topological polar surface area (TPSA) is 42.4 Å². The lowest BCUT2D eigenvalue weighted by Gasteiger charge is -2.21. The largest absolute Gasteiger partial charge is 0.468 e. The molecule has 72 valence electrons. The Morgan fingerprint density at radius 2 is 2.54 bits per heavy atom. The zero-order chi connectivity index (χ0) is 9.26. The third-order valence-electron chi connectivity index (χ3n) is 2.76. The highest BCUT2D eigenvalue weighted by Gasteiger charge is 2.25. The van der Waals surface area contributed by atoms with Crippen molar-refractivity contribution >= 4 is 0 Å². The lowest BCUT2D eigenvalue weighted by Crippen LogP contribution is -2.28. The Bertz CT molecular complexity index is 258. The molecule has 1 aromatic heterocycles. The molecule has 3 heteroatoms. The number of nitrogens with two attached hydrogens (primary N) is 1. The Morgan fingerprint density at radius 1 is 1.69 bits per heavy atom. The van der Waals surface area contributed by atoms with E-state index in [0.29, 0.717) is 12.1 Å². The fourth-order valence-electron chi connectivity index (χ4n) is 1.88. The Kier molecular flexibility index (Phi) is 2.38. The molecule has 1 aromatic rings. The number of furan rings is 1. The monoisotopic (exact) mass is 180 g/mol. The van der Waals surface area contributed by atoms with E-state index >= 15 is 0 Å². The number of likely N-dealkylation sites (tertiary alicyclic amines) is 1. The van der Waals surface area contributed by atoms with Crippen molar-refractivity contribution in [3.8, 4) is 0 Å². The fourth-order valence-corrected chi connectivity index (χ4v) is 1.88. The molecule has 13 heavy (non-hydrogen) atoms. The zero-order valence-corrected chi connectivity index (χ0v) is 7.94. The summed E-state index contributed by atoms with van der Waals surface area (Å²) in [7, 11) is 0. The second kappa shape index (κ2) is 3.52. The van der Waals surface area contributed by atoms with Crippen molar-refractivity contribution in [2.45, 2.75) is 25.4 Å². The van der Waals surface area contributed by atoms with E-state index in [2.05, 4.69) is 11.8 Å². The SMILES string of the molecule is CC(c1ccco1)N1CC[C@H](N)C1. The second-order valence-electron chi connectivity index (χ2n) is 3.74. The van der Waals surface area contributed by atoms with Crippen LogP contribution in [0.5, 0.6) is 0 Å². The van der Waals surface area contributed by atoms with Crippen LogP contribution in [0.4, 0.5) is 0 Å². The number of nitrogens with zero attached hydrogens (tertiary/aromatic N) is 1. The summed E-state index contributed by atoms with van der Waals surface area (Å²) in [6.45, 7) is 4.24. The van der Waals surface area contributed by atoms with Gasteiger partial charge >= 0.3 is 0 Å². The van der Waals surface area contributed by atoms with Crippen LogP contribution in [0.25, 0.3) is 0 Å². The molecule has 0 amide bonds. The highest BCUT2D eigenvalue weighted by Crippen LogP contribution is 2.23. The molecule has 1 aliphatic heterocycles. The first-order valence-electron chi connectivity index (χ1n) is 4.80. The van der Waals surface area contributed by atoms with E-state index in [9.17, 15) is 0 Å². The Morgan fingerprint density at radius 3 is 3.08 bits per heavy atom. The predicted octanol–water partition coefficient (Wildman–Crippen LogP) is 1.37. The number of hydrogen-bond acceptors (Lipinski definition) is 3. The molecule has 2 heterocycles. The van der Waals surface area contributed by atoms with Gasteiger partial charge in [-0.2, -0.15) is 0 Å². The lowest BCUT2D eigenvalue weighted by atomic mass is 10.2. The van der Waals surface area contributed by atoms with Gasteiger partial charge in [-0.1, -0.05) is 0 Å². The summed E-state index contributed by atoms with van der Waals surface area (Å²) in [4.78, 5) is 2.36. The molecule has 0 aromatic carbocycles. The minimum absolute atomic E-state index is 0.345. The van der Waals surface area contributed by atoms with Crippen LogP contribution in [0.3, 0.4) is 0 Å². The van der Waals surface area contributed by atoms with Crippen molar-refractivity contribution in [2.24, 2.45) is 5.73 Å². The summed E-state index contributed by atoms with van der Waals surface area (Å²) in [5.41, 5.74) is 5.84. The molecule has 1 unspecified atom stereocenters. The van der Waals surface area contributed by atoms with Crippen molar-refractivity contribution in [3.63, 3.8) is 0 Å². The summed E-state index contributed by atoms with van der Waals surface area (Å²) in [5, 5.41) is 0. The van der Waals surface area contributed by atoms with Gasteiger partial charge in [0.1, 0.15) is 5.76 Å². The predicted molar refractivity (Wildman–Crippen MR) is 51.3 cm³/mol. The first-order valence-corrected chi connectivity index (χ1v) is 4.80. The van der Waals surface area contributed by atoms with E-state index in [1.807, 2.05) is 12.1 Å².